The maximum absolute atomic E-state index is 13.1. The van der Waals surface area contributed by atoms with Gasteiger partial charge in [0.25, 0.3) is 0 Å². The Balaban J connectivity index is 1.48. The molecule has 0 unspecified atom stereocenters. The highest BCUT2D eigenvalue weighted by atomic mass is 16.2. The third kappa shape index (κ3) is 2.71. The number of carbonyl (C=O) groups excluding carboxylic acids is 1. The molecule has 1 saturated heterocycles. The van der Waals surface area contributed by atoms with Crippen LogP contribution in [0.2, 0.25) is 0 Å². The van der Waals surface area contributed by atoms with Crippen LogP contribution in [-0.4, -0.2) is 50.7 Å². The van der Waals surface area contributed by atoms with Crippen LogP contribution < -0.4 is 4.90 Å². The summed E-state index contributed by atoms with van der Waals surface area (Å²) >= 11 is 0. The molecule has 0 saturated carbocycles. The van der Waals surface area contributed by atoms with Crippen molar-refractivity contribution >= 4 is 11.6 Å². The summed E-state index contributed by atoms with van der Waals surface area (Å²) in [6.07, 6.45) is 6.51. The van der Waals surface area contributed by atoms with E-state index in [0.717, 1.165) is 44.6 Å². The monoisotopic (exact) mass is 325 g/mol. The fraction of sp³-hybridized carbons (Fsp3) is 0.500. The first-order chi connectivity index (χ1) is 11.7. The fourth-order valence-corrected chi connectivity index (χ4v) is 4.04. The van der Waals surface area contributed by atoms with Gasteiger partial charge in [-0.05, 0) is 44.4 Å². The van der Waals surface area contributed by atoms with Crippen molar-refractivity contribution in [2.75, 3.05) is 18.0 Å². The predicted octanol–water partition coefficient (Wildman–Crippen LogP) is 1.72. The number of fused-ring (bicyclic) bond motifs is 1. The van der Waals surface area contributed by atoms with Crippen molar-refractivity contribution in [3.63, 3.8) is 0 Å². The molecule has 2 aliphatic heterocycles. The minimum absolute atomic E-state index is 0.104. The van der Waals surface area contributed by atoms with Crippen LogP contribution in [-0.2, 0) is 17.8 Å². The highest BCUT2D eigenvalue weighted by Gasteiger charge is 2.36. The van der Waals surface area contributed by atoms with Crippen molar-refractivity contribution in [2.45, 2.75) is 44.8 Å². The molecule has 6 heteroatoms. The van der Waals surface area contributed by atoms with Gasteiger partial charge < -0.3 is 4.90 Å². The Morgan fingerprint density at radius 3 is 3.04 bits per heavy atom. The topological polar surface area (TPSA) is 54.3 Å². The number of likely N-dealkylation sites (tertiary alicyclic amines) is 1. The van der Waals surface area contributed by atoms with Crippen LogP contribution in [0.25, 0.3) is 0 Å². The van der Waals surface area contributed by atoms with E-state index in [0.29, 0.717) is 6.04 Å². The summed E-state index contributed by atoms with van der Waals surface area (Å²) in [5.74, 6) is 0.213. The van der Waals surface area contributed by atoms with Crippen molar-refractivity contribution in [1.29, 1.82) is 0 Å². The standard InChI is InChI=1S/C18H23N5O/c1-14(18(24)23-10-8-15-5-2-3-7-17(15)23)22-9-4-6-16(22)11-21-13-19-12-20-21/h2-3,5,7,12-14,16H,4,6,8-11H2,1H3/t14-,16+/m1/s1. The molecule has 1 aromatic carbocycles. The number of rotatable bonds is 4. The molecule has 0 bridgehead atoms. The van der Waals surface area contributed by atoms with Crippen LogP contribution in [0.3, 0.4) is 0 Å². The maximum atomic E-state index is 13.1. The zero-order valence-corrected chi connectivity index (χ0v) is 14.0. The van der Waals surface area contributed by atoms with Gasteiger partial charge in [0, 0.05) is 18.3 Å². The summed E-state index contributed by atoms with van der Waals surface area (Å²) in [5.41, 5.74) is 2.36. The molecular weight excluding hydrogens is 302 g/mol. The molecule has 0 spiro atoms. The molecule has 2 atom stereocenters. The number of benzene rings is 1. The first kappa shape index (κ1) is 15.3. The number of carbonyl (C=O) groups is 1. The Bertz CT molecular complexity index is 714. The van der Waals surface area contributed by atoms with E-state index in [1.807, 2.05) is 28.6 Å². The largest absolute Gasteiger partial charge is 0.310 e. The number of para-hydroxylation sites is 1. The lowest BCUT2D eigenvalue weighted by atomic mass is 10.1. The highest BCUT2D eigenvalue weighted by molar-refractivity contribution is 5.98. The SMILES string of the molecule is C[C@H](C(=O)N1CCc2ccccc21)N1CCC[C@H]1Cn1cncn1. The minimum atomic E-state index is -0.104. The molecule has 2 aromatic rings. The summed E-state index contributed by atoms with van der Waals surface area (Å²) in [5, 5.41) is 4.21. The van der Waals surface area contributed by atoms with Crippen LogP contribution in [0.1, 0.15) is 25.3 Å². The van der Waals surface area contributed by atoms with Gasteiger partial charge in [0.05, 0.1) is 12.6 Å². The molecule has 6 nitrogen and oxygen atoms in total. The van der Waals surface area contributed by atoms with E-state index in [1.165, 1.54) is 5.56 Å². The Labute approximate surface area is 142 Å². The van der Waals surface area contributed by atoms with Crippen LogP contribution in [0.5, 0.6) is 0 Å². The Morgan fingerprint density at radius 2 is 2.21 bits per heavy atom. The Morgan fingerprint density at radius 1 is 1.33 bits per heavy atom. The van der Waals surface area contributed by atoms with Crippen molar-refractivity contribution < 1.29 is 4.79 Å². The van der Waals surface area contributed by atoms with Crippen LogP contribution >= 0.6 is 0 Å². The van der Waals surface area contributed by atoms with Gasteiger partial charge in [0.1, 0.15) is 12.7 Å². The van der Waals surface area contributed by atoms with Gasteiger partial charge in [-0.25, -0.2) is 4.98 Å². The maximum Gasteiger partial charge on any atom is 0.244 e. The average molecular weight is 325 g/mol. The van der Waals surface area contributed by atoms with E-state index in [2.05, 4.69) is 27.1 Å². The van der Waals surface area contributed by atoms with E-state index in [9.17, 15) is 4.79 Å². The average Bonchev–Trinajstić information content (AvgIpc) is 3.34. The molecule has 0 aliphatic carbocycles. The van der Waals surface area contributed by atoms with E-state index in [1.54, 1.807) is 12.7 Å². The highest BCUT2D eigenvalue weighted by Crippen LogP contribution is 2.30. The van der Waals surface area contributed by atoms with Gasteiger partial charge in [0.15, 0.2) is 0 Å². The van der Waals surface area contributed by atoms with Crippen molar-refractivity contribution in [2.24, 2.45) is 0 Å². The van der Waals surface area contributed by atoms with E-state index < -0.39 is 0 Å². The Kier molecular flexibility index (Phi) is 4.06. The summed E-state index contributed by atoms with van der Waals surface area (Å²) < 4.78 is 1.87. The Hall–Kier alpha value is -2.21. The fourth-order valence-electron chi connectivity index (χ4n) is 4.04. The molecule has 3 heterocycles. The van der Waals surface area contributed by atoms with Crippen LogP contribution in [0.4, 0.5) is 5.69 Å². The molecule has 24 heavy (non-hydrogen) atoms. The lowest BCUT2D eigenvalue weighted by Gasteiger charge is -2.32. The molecule has 126 valence electrons. The van der Waals surface area contributed by atoms with Gasteiger partial charge in [-0.2, -0.15) is 5.10 Å². The molecule has 1 fully saturated rings. The van der Waals surface area contributed by atoms with Crippen molar-refractivity contribution in [3.05, 3.63) is 42.5 Å². The lowest BCUT2D eigenvalue weighted by molar-refractivity contribution is -0.123. The lowest BCUT2D eigenvalue weighted by Crippen LogP contribution is -2.49. The van der Waals surface area contributed by atoms with Crippen molar-refractivity contribution in [1.82, 2.24) is 19.7 Å². The zero-order chi connectivity index (χ0) is 16.5. The molecule has 2 aliphatic rings. The van der Waals surface area contributed by atoms with E-state index >= 15 is 0 Å². The van der Waals surface area contributed by atoms with E-state index in [-0.39, 0.29) is 11.9 Å². The summed E-state index contributed by atoms with van der Waals surface area (Å²) in [7, 11) is 0. The third-order valence-corrected chi connectivity index (χ3v) is 5.30. The molecule has 0 radical (unpaired) electrons. The van der Waals surface area contributed by atoms with Gasteiger partial charge in [0.2, 0.25) is 5.91 Å². The minimum Gasteiger partial charge on any atom is -0.310 e. The molecular formula is C18H23N5O. The zero-order valence-electron chi connectivity index (χ0n) is 14.0. The number of nitrogens with zero attached hydrogens (tertiary/aromatic N) is 5. The second kappa shape index (κ2) is 6.36. The molecule has 1 aromatic heterocycles. The second-order valence-corrected chi connectivity index (χ2v) is 6.70. The quantitative estimate of drug-likeness (QED) is 0.859. The second-order valence-electron chi connectivity index (χ2n) is 6.70. The number of anilines is 1. The number of hydrogen-bond acceptors (Lipinski definition) is 4. The van der Waals surface area contributed by atoms with Crippen LogP contribution in [0, 0.1) is 0 Å². The first-order valence-corrected chi connectivity index (χ1v) is 8.71. The summed E-state index contributed by atoms with van der Waals surface area (Å²) in [6.45, 7) is 4.61. The van der Waals surface area contributed by atoms with E-state index in [4.69, 9.17) is 0 Å². The predicted molar refractivity (Wildman–Crippen MR) is 91.7 cm³/mol. The summed E-state index contributed by atoms with van der Waals surface area (Å²) in [4.78, 5) is 21.4. The van der Waals surface area contributed by atoms with Gasteiger partial charge in [-0.1, -0.05) is 18.2 Å². The normalized spacial score (nSPS) is 21.9. The first-order valence-electron chi connectivity index (χ1n) is 8.71. The molecule has 0 N–H and O–H groups in total. The third-order valence-electron chi connectivity index (χ3n) is 5.30. The number of aromatic nitrogens is 3. The summed E-state index contributed by atoms with van der Waals surface area (Å²) in [6, 6.07) is 8.49. The number of hydrogen-bond donors (Lipinski definition) is 0. The van der Waals surface area contributed by atoms with Gasteiger partial charge in [-0.15, -0.1) is 0 Å². The smallest absolute Gasteiger partial charge is 0.244 e. The molecule has 1 amide bonds. The number of amides is 1. The molecule has 4 rings (SSSR count). The van der Waals surface area contributed by atoms with Gasteiger partial charge >= 0.3 is 0 Å². The van der Waals surface area contributed by atoms with Crippen molar-refractivity contribution in [3.8, 4) is 0 Å². The van der Waals surface area contributed by atoms with Gasteiger partial charge in [-0.3, -0.25) is 14.4 Å². The van der Waals surface area contributed by atoms with Crippen LogP contribution in [0.15, 0.2) is 36.9 Å².